The quantitative estimate of drug-likeness (QED) is 0.837. The van der Waals surface area contributed by atoms with Gasteiger partial charge in [0.05, 0.1) is 0 Å². The average Bonchev–Trinajstić information content (AvgIpc) is 2.64. The fraction of sp³-hybridized carbons (Fsp3) is 0.400. The van der Waals surface area contributed by atoms with E-state index in [0.29, 0.717) is 11.5 Å². The third kappa shape index (κ3) is 4.45. The van der Waals surface area contributed by atoms with E-state index in [1.165, 1.54) is 0 Å². The molecule has 0 atom stereocenters. The molecule has 1 amide bonds. The second kappa shape index (κ2) is 8.08. The molecule has 136 valence electrons. The molecule has 1 fully saturated rings. The third-order valence-electron chi connectivity index (χ3n) is 4.74. The molecule has 1 N–H and O–H groups in total. The Kier molecular flexibility index (Phi) is 5.61. The zero-order chi connectivity index (χ0) is 18.5. The molecule has 0 spiro atoms. The first-order valence-corrected chi connectivity index (χ1v) is 8.97. The molecule has 1 saturated heterocycles. The van der Waals surface area contributed by atoms with E-state index < -0.39 is 0 Å². The van der Waals surface area contributed by atoms with E-state index in [0.717, 1.165) is 55.2 Å². The van der Waals surface area contributed by atoms with Crippen LogP contribution >= 0.6 is 0 Å². The summed E-state index contributed by atoms with van der Waals surface area (Å²) in [6.07, 6.45) is 6.23. The van der Waals surface area contributed by atoms with E-state index in [-0.39, 0.29) is 5.91 Å². The maximum Gasteiger partial charge on any atom is 0.248 e. The number of rotatable bonds is 5. The Balaban J connectivity index is 1.59. The van der Waals surface area contributed by atoms with Crippen LogP contribution in [0.15, 0.2) is 42.9 Å². The summed E-state index contributed by atoms with van der Waals surface area (Å²) in [5.74, 6) is 2.17. The fourth-order valence-corrected chi connectivity index (χ4v) is 3.22. The van der Waals surface area contributed by atoms with Crippen molar-refractivity contribution in [2.75, 3.05) is 18.4 Å². The van der Waals surface area contributed by atoms with Crippen LogP contribution < -0.4 is 5.32 Å². The van der Waals surface area contributed by atoms with Crippen molar-refractivity contribution in [1.82, 2.24) is 19.9 Å². The van der Waals surface area contributed by atoms with Gasteiger partial charge in [-0.15, -0.1) is 0 Å². The van der Waals surface area contributed by atoms with Crippen molar-refractivity contribution >= 4 is 17.5 Å². The minimum atomic E-state index is 0.0719. The van der Waals surface area contributed by atoms with Gasteiger partial charge in [0, 0.05) is 36.6 Å². The van der Waals surface area contributed by atoms with Crippen LogP contribution in [0.5, 0.6) is 0 Å². The van der Waals surface area contributed by atoms with Crippen molar-refractivity contribution < 1.29 is 4.79 Å². The summed E-state index contributed by atoms with van der Waals surface area (Å²) in [5, 5.41) is 3.26. The number of hydrogen-bond donors (Lipinski definition) is 1. The lowest BCUT2D eigenvalue weighted by Crippen LogP contribution is -2.39. The van der Waals surface area contributed by atoms with Crippen LogP contribution in [0.25, 0.3) is 0 Å². The average molecular weight is 351 g/mol. The van der Waals surface area contributed by atoms with Gasteiger partial charge >= 0.3 is 0 Å². The second-order valence-corrected chi connectivity index (χ2v) is 6.91. The lowest BCUT2D eigenvalue weighted by molar-refractivity contribution is -0.128. The maximum atomic E-state index is 12.0. The minimum absolute atomic E-state index is 0.0719. The highest BCUT2D eigenvalue weighted by molar-refractivity contribution is 5.92. The second-order valence-electron chi connectivity index (χ2n) is 6.91. The minimum Gasteiger partial charge on any atom is -0.339 e. The normalized spacial score (nSPS) is 14.9. The molecule has 0 radical (unpaired) electrons. The van der Waals surface area contributed by atoms with Gasteiger partial charge in [-0.2, -0.15) is 0 Å². The van der Waals surface area contributed by atoms with Gasteiger partial charge < -0.3 is 10.2 Å². The SMILES string of the molecule is C=C(C)C(=O)N1CCC(Cc2cc(Nc3ncccc3C)ncn2)CC1. The van der Waals surface area contributed by atoms with Gasteiger partial charge in [0.25, 0.3) is 0 Å². The molecule has 0 saturated carbocycles. The molecular formula is C20H25N5O. The zero-order valence-electron chi connectivity index (χ0n) is 15.4. The Morgan fingerprint density at radius 1 is 1.31 bits per heavy atom. The Morgan fingerprint density at radius 2 is 2.08 bits per heavy atom. The number of nitrogens with one attached hydrogen (secondary N) is 1. The van der Waals surface area contributed by atoms with Gasteiger partial charge in [-0.1, -0.05) is 12.6 Å². The molecule has 0 bridgehead atoms. The number of pyridine rings is 1. The predicted octanol–water partition coefficient (Wildman–Crippen LogP) is 3.28. The number of likely N-dealkylation sites (tertiary alicyclic amines) is 1. The number of aryl methyl sites for hydroxylation is 1. The summed E-state index contributed by atoms with van der Waals surface area (Å²) in [4.78, 5) is 27.0. The van der Waals surface area contributed by atoms with Gasteiger partial charge in [-0.3, -0.25) is 4.79 Å². The maximum absolute atomic E-state index is 12.0. The number of aromatic nitrogens is 3. The van der Waals surface area contributed by atoms with E-state index in [1.54, 1.807) is 19.4 Å². The Morgan fingerprint density at radius 3 is 2.77 bits per heavy atom. The van der Waals surface area contributed by atoms with Gasteiger partial charge in [0.2, 0.25) is 5.91 Å². The summed E-state index contributed by atoms with van der Waals surface area (Å²) in [7, 11) is 0. The van der Waals surface area contributed by atoms with Crippen molar-refractivity contribution in [1.29, 1.82) is 0 Å². The standard InChI is InChI=1S/C20H25N5O/c1-14(2)20(26)25-9-6-16(7-10-25)11-17-12-18(23-13-22-17)24-19-15(3)5-4-8-21-19/h4-5,8,12-13,16H,1,6-7,9-11H2,2-3H3,(H,21,22,23,24). The van der Waals surface area contributed by atoms with E-state index in [1.807, 2.05) is 30.0 Å². The molecule has 3 rings (SSSR count). The lowest BCUT2D eigenvalue weighted by Gasteiger charge is -2.32. The molecule has 6 nitrogen and oxygen atoms in total. The van der Waals surface area contributed by atoms with Crippen LogP contribution in [0.4, 0.5) is 11.6 Å². The number of piperidine rings is 1. The summed E-state index contributed by atoms with van der Waals surface area (Å²) in [6, 6.07) is 5.91. The number of anilines is 2. The Bertz CT molecular complexity index is 796. The first-order chi connectivity index (χ1) is 12.5. The van der Waals surface area contributed by atoms with Crippen LogP contribution in [-0.4, -0.2) is 38.8 Å². The van der Waals surface area contributed by atoms with E-state index in [4.69, 9.17) is 0 Å². The van der Waals surface area contributed by atoms with Crippen LogP contribution in [0.1, 0.15) is 31.0 Å². The summed E-state index contributed by atoms with van der Waals surface area (Å²) < 4.78 is 0. The first-order valence-electron chi connectivity index (χ1n) is 8.97. The monoisotopic (exact) mass is 351 g/mol. The molecule has 2 aromatic heterocycles. The highest BCUT2D eigenvalue weighted by atomic mass is 16.2. The first kappa shape index (κ1) is 18.0. The smallest absolute Gasteiger partial charge is 0.248 e. The molecule has 6 heteroatoms. The van der Waals surface area contributed by atoms with Gasteiger partial charge in [0.1, 0.15) is 18.0 Å². The van der Waals surface area contributed by atoms with E-state index in [2.05, 4.69) is 26.8 Å². The van der Waals surface area contributed by atoms with Crippen molar-refractivity contribution in [3.8, 4) is 0 Å². The zero-order valence-corrected chi connectivity index (χ0v) is 15.4. The molecule has 26 heavy (non-hydrogen) atoms. The van der Waals surface area contributed by atoms with Crippen molar-refractivity contribution in [3.63, 3.8) is 0 Å². The molecule has 3 heterocycles. The van der Waals surface area contributed by atoms with Gasteiger partial charge in [0.15, 0.2) is 0 Å². The summed E-state index contributed by atoms with van der Waals surface area (Å²) in [6.45, 7) is 9.11. The third-order valence-corrected chi connectivity index (χ3v) is 4.74. The molecule has 0 aromatic carbocycles. The molecular weight excluding hydrogens is 326 g/mol. The Hall–Kier alpha value is -2.76. The molecule has 2 aromatic rings. The Labute approximate surface area is 154 Å². The van der Waals surface area contributed by atoms with Crippen molar-refractivity contribution in [3.05, 3.63) is 54.1 Å². The highest BCUT2D eigenvalue weighted by Crippen LogP contribution is 2.23. The lowest BCUT2D eigenvalue weighted by atomic mass is 9.92. The largest absolute Gasteiger partial charge is 0.339 e. The van der Waals surface area contributed by atoms with E-state index >= 15 is 0 Å². The van der Waals surface area contributed by atoms with Crippen LogP contribution in [0.3, 0.4) is 0 Å². The van der Waals surface area contributed by atoms with Crippen LogP contribution in [-0.2, 0) is 11.2 Å². The van der Waals surface area contributed by atoms with Gasteiger partial charge in [-0.25, -0.2) is 15.0 Å². The molecule has 0 unspecified atom stereocenters. The number of hydrogen-bond acceptors (Lipinski definition) is 5. The highest BCUT2D eigenvalue weighted by Gasteiger charge is 2.23. The summed E-state index contributed by atoms with van der Waals surface area (Å²) in [5.41, 5.74) is 2.70. The fourth-order valence-electron chi connectivity index (χ4n) is 3.22. The van der Waals surface area contributed by atoms with Gasteiger partial charge in [-0.05, 0) is 50.7 Å². The number of carbonyl (C=O) groups is 1. The molecule has 1 aliphatic heterocycles. The molecule has 1 aliphatic rings. The number of carbonyl (C=O) groups excluding carboxylic acids is 1. The number of nitrogens with zero attached hydrogens (tertiary/aromatic N) is 4. The number of amides is 1. The van der Waals surface area contributed by atoms with Crippen LogP contribution in [0, 0.1) is 12.8 Å². The molecule has 0 aliphatic carbocycles. The van der Waals surface area contributed by atoms with Crippen molar-refractivity contribution in [2.45, 2.75) is 33.1 Å². The topological polar surface area (TPSA) is 71.0 Å². The van der Waals surface area contributed by atoms with Crippen molar-refractivity contribution in [2.24, 2.45) is 5.92 Å². The van der Waals surface area contributed by atoms with Crippen LogP contribution in [0.2, 0.25) is 0 Å². The van der Waals surface area contributed by atoms with E-state index in [9.17, 15) is 4.79 Å². The summed E-state index contributed by atoms with van der Waals surface area (Å²) >= 11 is 0. The predicted molar refractivity (Wildman–Crippen MR) is 102 cm³/mol.